The van der Waals surface area contributed by atoms with Gasteiger partial charge in [-0.05, 0) is 49.8 Å². The van der Waals surface area contributed by atoms with E-state index in [0.717, 1.165) is 21.0 Å². The number of carbonyl (C=O) groups is 1. The van der Waals surface area contributed by atoms with Crippen LogP contribution in [-0.4, -0.2) is 21.2 Å². The van der Waals surface area contributed by atoms with Crippen LogP contribution in [0.5, 0.6) is 0 Å². The number of aldehydes is 1. The third kappa shape index (κ3) is 5.08. The second kappa shape index (κ2) is 9.41. The minimum atomic E-state index is -4.03. The van der Waals surface area contributed by atoms with Gasteiger partial charge >= 0.3 is 0 Å². The summed E-state index contributed by atoms with van der Waals surface area (Å²) in [6, 6.07) is 22.6. The van der Waals surface area contributed by atoms with Crippen molar-refractivity contribution in [1.29, 1.82) is 5.26 Å². The van der Waals surface area contributed by atoms with Crippen molar-refractivity contribution in [2.75, 3.05) is 10.8 Å². The average Bonchev–Trinajstić information content (AvgIpc) is 2.78. The number of sulfonamides is 1. The molecule has 0 aliphatic carbocycles. The second-order valence-electron chi connectivity index (χ2n) is 7.19. The third-order valence-electron chi connectivity index (χ3n) is 4.82. The summed E-state index contributed by atoms with van der Waals surface area (Å²) in [5.74, 6) is 0. The van der Waals surface area contributed by atoms with Gasteiger partial charge in [-0.25, -0.2) is 8.42 Å². The van der Waals surface area contributed by atoms with Gasteiger partial charge in [0.25, 0.3) is 10.0 Å². The summed E-state index contributed by atoms with van der Waals surface area (Å²) in [6.45, 7) is 3.63. The molecule has 156 valence electrons. The molecule has 0 atom stereocenters. The zero-order valence-corrected chi connectivity index (χ0v) is 18.1. The molecule has 0 bridgehead atoms. The van der Waals surface area contributed by atoms with E-state index in [2.05, 4.69) is 6.07 Å². The molecule has 6 heteroatoms. The molecule has 5 nitrogen and oxygen atoms in total. The van der Waals surface area contributed by atoms with Crippen LogP contribution in [-0.2, 0) is 10.0 Å². The molecule has 0 aliphatic heterocycles. The lowest BCUT2D eigenvalue weighted by atomic mass is 10.1. The number of hydrogen-bond donors (Lipinski definition) is 0. The van der Waals surface area contributed by atoms with E-state index >= 15 is 0 Å². The molecule has 0 fully saturated rings. The van der Waals surface area contributed by atoms with Crippen molar-refractivity contribution in [3.8, 4) is 6.07 Å². The minimum Gasteiger partial charge on any atom is -0.298 e. The number of hydrogen-bond acceptors (Lipinski definition) is 4. The molecule has 31 heavy (non-hydrogen) atoms. The van der Waals surface area contributed by atoms with E-state index < -0.39 is 10.0 Å². The van der Waals surface area contributed by atoms with E-state index in [0.29, 0.717) is 6.29 Å². The summed E-state index contributed by atoms with van der Waals surface area (Å²) in [7, 11) is -4.03. The molecule has 0 aliphatic rings. The Morgan fingerprint density at radius 3 is 2.10 bits per heavy atom. The Bertz CT molecular complexity index is 1250. The fourth-order valence-corrected chi connectivity index (χ4v) is 4.55. The van der Waals surface area contributed by atoms with E-state index in [4.69, 9.17) is 0 Å². The van der Waals surface area contributed by atoms with Crippen LogP contribution in [0.3, 0.4) is 0 Å². The molecule has 3 aromatic rings. The average molecular weight is 431 g/mol. The molecule has 0 N–H and O–H groups in total. The van der Waals surface area contributed by atoms with Crippen molar-refractivity contribution in [2.24, 2.45) is 0 Å². The zero-order valence-electron chi connectivity index (χ0n) is 17.3. The van der Waals surface area contributed by atoms with E-state index in [9.17, 15) is 18.5 Å². The van der Waals surface area contributed by atoms with Crippen LogP contribution in [0.15, 0.2) is 83.3 Å². The highest BCUT2D eigenvalue weighted by Crippen LogP contribution is 2.28. The first-order chi connectivity index (χ1) is 14.8. The molecule has 3 rings (SSSR count). The molecule has 3 aromatic carbocycles. The Labute approximate surface area is 182 Å². The van der Waals surface area contributed by atoms with Crippen LogP contribution >= 0.6 is 0 Å². The van der Waals surface area contributed by atoms with Crippen LogP contribution in [0.25, 0.3) is 6.08 Å². The van der Waals surface area contributed by atoms with Crippen molar-refractivity contribution in [1.82, 2.24) is 0 Å². The molecule has 0 amide bonds. The standard InChI is InChI=1S/C25H22N2O3S/c1-19-7-11-21(12-8-19)15-22(16-26)17-27(25-6-4-3-5-23(25)18-28)31(29,30)24-13-9-20(2)10-14-24/h3-15,18H,17H2,1-2H3. The normalized spacial score (nSPS) is 11.6. The fraction of sp³-hybridized carbons (Fsp3) is 0.120. The van der Waals surface area contributed by atoms with Gasteiger partial charge in [0.2, 0.25) is 0 Å². The molecule has 0 unspecified atom stereocenters. The van der Waals surface area contributed by atoms with Crippen molar-refractivity contribution in [3.63, 3.8) is 0 Å². The van der Waals surface area contributed by atoms with Gasteiger partial charge in [0.1, 0.15) is 0 Å². The highest BCUT2D eigenvalue weighted by atomic mass is 32.2. The highest BCUT2D eigenvalue weighted by molar-refractivity contribution is 7.92. The Morgan fingerprint density at radius 2 is 1.52 bits per heavy atom. The first-order valence-corrected chi connectivity index (χ1v) is 11.1. The lowest BCUT2D eigenvalue weighted by molar-refractivity contribution is 0.112. The topological polar surface area (TPSA) is 78.2 Å². The Hall–Kier alpha value is -3.69. The molecule has 0 saturated carbocycles. The van der Waals surface area contributed by atoms with Gasteiger partial charge < -0.3 is 0 Å². The van der Waals surface area contributed by atoms with Gasteiger partial charge in [-0.1, -0.05) is 59.7 Å². The summed E-state index contributed by atoms with van der Waals surface area (Å²) in [5, 5.41) is 9.73. The van der Waals surface area contributed by atoms with Gasteiger partial charge in [-0.2, -0.15) is 5.26 Å². The minimum absolute atomic E-state index is 0.0893. The molecular formula is C25H22N2O3S. The summed E-state index contributed by atoms with van der Waals surface area (Å²) < 4.78 is 28.2. The lowest BCUT2D eigenvalue weighted by Gasteiger charge is -2.25. The van der Waals surface area contributed by atoms with Crippen molar-refractivity contribution in [2.45, 2.75) is 18.7 Å². The van der Waals surface area contributed by atoms with Crippen LogP contribution < -0.4 is 4.31 Å². The van der Waals surface area contributed by atoms with E-state index in [1.54, 1.807) is 42.5 Å². The predicted octanol–water partition coefficient (Wildman–Crippen LogP) is 4.92. The van der Waals surface area contributed by atoms with Crippen LogP contribution in [0, 0.1) is 25.2 Å². The molecule has 0 saturated heterocycles. The lowest BCUT2D eigenvalue weighted by Crippen LogP contribution is -2.33. The smallest absolute Gasteiger partial charge is 0.264 e. The van der Waals surface area contributed by atoms with Crippen LogP contribution in [0.4, 0.5) is 5.69 Å². The number of carbonyl (C=O) groups excluding carboxylic acids is 1. The summed E-state index contributed by atoms with van der Waals surface area (Å²) in [6.07, 6.45) is 2.27. The van der Waals surface area contributed by atoms with Crippen LogP contribution in [0.2, 0.25) is 0 Å². The van der Waals surface area contributed by atoms with Gasteiger partial charge in [0, 0.05) is 5.56 Å². The summed E-state index contributed by atoms with van der Waals surface area (Å²) in [4.78, 5) is 11.7. The zero-order chi connectivity index (χ0) is 22.4. The number of para-hydroxylation sites is 1. The Balaban J connectivity index is 2.11. The second-order valence-corrected chi connectivity index (χ2v) is 9.06. The van der Waals surface area contributed by atoms with Crippen LogP contribution in [0.1, 0.15) is 27.0 Å². The molecule has 0 heterocycles. The maximum Gasteiger partial charge on any atom is 0.264 e. The largest absolute Gasteiger partial charge is 0.298 e. The Morgan fingerprint density at radius 1 is 0.935 bits per heavy atom. The maximum atomic E-state index is 13.5. The predicted molar refractivity (Wildman–Crippen MR) is 122 cm³/mol. The van der Waals surface area contributed by atoms with E-state index in [1.165, 1.54) is 12.1 Å². The Kier molecular flexibility index (Phi) is 6.68. The van der Waals surface area contributed by atoms with E-state index in [-0.39, 0.29) is 28.3 Å². The van der Waals surface area contributed by atoms with Gasteiger partial charge in [-0.3, -0.25) is 9.10 Å². The van der Waals surface area contributed by atoms with Gasteiger partial charge in [0.15, 0.2) is 6.29 Å². The fourth-order valence-electron chi connectivity index (χ4n) is 3.08. The van der Waals surface area contributed by atoms with Crippen molar-refractivity contribution < 1.29 is 13.2 Å². The number of anilines is 1. The summed E-state index contributed by atoms with van der Waals surface area (Å²) in [5.41, 5.74) is 3.50. The number of benzene rings is 3. The number of nitriles is 1. The number of aryl methyl sites for hydroxylation is 2. The quantitative estimate of drug-likeness (QED) is 0.394. The van der Waals surface area contributed by atoms with Gasteiger partial charge in [0.05, 0.1) is 28.8 Å². The summed E-state index contributed by atoms with van der Waals surface area (Å²) >= 11 is 0. The highest BCUT2D eigenvalue weighted by Gasteiger charge is 2.27. The number of rotatable bonds is 7. The first-order valence-electron chi connectivity index (χ1n) is 9.66. The molecule has 0 spiro atoms. The van der Waals surface area contributed by atoms with Crippen molar-refractivity contribution >= 4 is 28.1 Å². The molecular weight excluding hydrogens is 408 g/mol. The van der Waals surface area contributed by atoms with E-state index in [1.807, 2.05) is 38.1 Å². The van der Waals surface area contributed by atoms with Crippen molar-refractivity contribution in [3.05, 3.63) is 101 Å². The SMILES string of the molecule is Cc1ccc(C=C(C#N)CN(c2ccccc2C=O)S(=O)(=O)c2ccc(C)cc2)cc1. The number of nitrogens with zero attached hydrogens (tertiary/aromatic N) is 2. The van der Waals surface area contributed by atoms with Gasteiger partial charge in [-0.15, -0.1) is 0 Å². The first kappa shape index (κ1) is 22.0. The maximum absolute atomic E-state index is 13.5. The third-order valence-corrected chi connectivity index (χ3v) is 6.59. The molecule has 0 radical (unpaired) electrons. The molecule has 0 aromatic heterocycles. The monoisotopic (exact) mass is 430 g/mol.